The summed E-state index contributed by atoms with van der Waals surface area (Å²) in [6.45, 7) is 8.03. The van der Waals surface area contributed by atoms with Gasteiger partial charge < -0.3 is 19.5 Å². The third kappa shape index (κ3) is 8.10. The van der Waals surface area contributed by atoms with Crippen LogP contribution in [0, 0.1) is 23.6 Å². The SMILES string of the molecule is C[C@@H](COc1ccc(C#Cc2ccc(OCC3CC3)cn2)c(F)c1)NC(=O)OC(C)(C)C. The molecule has 1 amide bonds. The van der Waals surface area contributed by atoms with Crippen molar-refractivity contribution >= 4 is 6.09 Å². The Morgan fingerprint density at radius 3 is 2.56 bits per heavy atom. The fourth-order valence-electron chi connectivity index (χ4n) is 2.63. The van der Waals surface area contributed by atoms with Crippen molar-refractivity contribution in [2.75, 3.05) is 13.2 Å². The zero-order valence-corrected chi connectivity index (χ0v) is 18.9. The number of benzene rings is 1. The van der Waals surface area contributed by atoms with Gasteiger partial charge in [0.05, 0.1) is 24.4 Å². The number of nitrogens with one attached hydrogen (secondary N) is 1. The summed E-state index contributed by atoms with van der Waals surface area (Å²) in [4.78, 5) is 16.0. The molecule has 0 saturated heterocycles. The molecule has 1 aromatic heterocycles. The van der Waals surface area contributed by atoms with E-state index in [9.17, 15) is 9.18 Å². The standard InChI is InChI=1S/C25H29FN2O4/c1-17(28-24(29)32-25(2,3)4)15-30-21-11-8-19(23(26)13-21)7-9-20-10-12-22(14-27-20)31-16-18-5-6-18/h8,10-14,17-18H,5-6,15-16H2,1-4H3,(H,28,29)/t17-/m0/s1. The minimum Gasteiger partial charge on any atom is -0.492 e. The molecule has 1 atom stereocenters. The Morgan fingerprint density at radius 2 is 1.94 bits per heavy atom. The Bertz CT molecular complexity index is 986. The number of alkyl carbamates (subject to hydrolysis) is 1. The maximum Gasteiger partial charge on any atom is 0.407 e. The fourth-order valence-corrected chi connectivity index (χ4v) is 2.63. The van der Waals surface area contributed by atoms with Crippen LogP contribution in [0.4, 0.5) is 9.18 Å². The third-order valence-corrected chi connectivity index (χ3v) is 4.45. The largest absolute Gasteiger partial charge is 0.492 e. The zero-order chi connectivity index (χ0) is 23.1. The lowest BCUT2D eigenvalue weighted by Crippen LogP contribution is -2.40. The van der Waals surface area contributed by atoms with E-state index in [1.54, 1.807) is 52.1 Å². The molecular weight excluding hydrogens is 411 g/mol. The highest BCUT2D eigenvalue weighted by Gasteiger charge is 2.22. The number of carbonyl (C=O) groups is 1. The number of aromatic nitrogens is 1. The van der Waals surface area contributed by atoms with Gasteiger partial charge in [0, 0.05) is 6.07 Å². The van der Waals surface area contributed by atoms with Gasteiger partial charge in [0.15, 0.2) is 0 Å². The second-order valence-corrected chi connectivity index (χ2v) is 8.88. The quantitative estimate of drug-likeness (QED) is 0.632. The summed E-state index contributed by atoms with van der Waals surface area (Å²) in [6, 6.07) is 7.72. The van der Waals surface area contributed by atoms with Crippen LogP contribution in [0.15, 0.2) is 36.5 Å². The van der Waals surface area contributed by atoms with Crippen molar-refractivity contribution in [3.63, 3.8) is 0 Å². The topological polar surface area (TPSA) is 69.7 Å². The van der Waals surface area contributed by atoms with Gasteiger partial charge in [-0.3, -0.25) is 0 Å². The van der Waals surface area contributed by atoms with Crippen LogP contribution >= 0.6 is 0 Å². The summed E-state index contributed by atoms with van der Waals surface area (Å²) in [5.74, 6) is 6.89. The van der Waals surface area contributed by atoms with Gasteiger partial charge in [0.2, 0.25) is 0 Å². The van der Waals surface area contributed by atoms with Crippen LogP contribution in [0.2, 0.25) is 0 Å². The molecule has 1 saturated carbocycles. The van der Waals surface area contributed by atoms with E-state index < -0.39 is 17.5 Å². The molecule has 7 heteroatoms. The number of amides is 1. The summed E-state index contributed by atoms with van der Waals surface area (Å²) in [5.41, 5.74) is 0.199. The van der Waals surface area contributed by atoms with Crippen molar-refractivity contribution in [2.24, 2.45) is 5.92 Å². The Balaban J connectivity index is 1.50. The highest BCUT2D eigenvalue weighted by molar-refractivity contribution is 5.68. The van der Waals surface area contributed by atoms with Gasteiger partial charge >= 0.3 is 6.09 Å². The molecule has 6 nitrogen and oxygen atoms in total. The Hall–Kier alpha value is -3.27. The van der Waals surface area contributed by atoms with Crippen molar-refractivity contribution in [3.8, 4) is 23.3 Å². The number of rotatable bonds is 7. The first-order valence-corrected chi connectivity index (χ1v) is 10.7. The second kappa shape index (κ2) is 10.4. The molecule has 0 bridgehead atoms. The maximum atomic E-state index is 14.4. The van der Waals surface area contributed by atoms with E-state index in [2.05, 4.69) is 22.1 Å². The number of nitrogens with zero attached hydrogens (tertiary/aromatic N) is 1. The summed E-state index contributed by atoms with van der Waals surface area (Å²) in [7, 11) is 0. The van der Waals surface area contributed by atoms with Crippen molar-refractivity contribution in [3.05, 3.63) is 53.6 Å². The molecule has 0 spiro atoms. The number of pyridine rings is 1. The highest BCUT2D eigenvalue weighted by atomic mass is 19.1. The molecule has 170 valence electrons. The summed E-state index contributed by atoms with van der Waals surface area (Å²) < 4.78 is 30.8. The van der Waals surface area contributed by atoms with Crippen molar-refractivity contribution < 1.29 is 23.4 Å². The summed E-state index contributed by atoms with van der Waals surface area (Å²) in [6.07, 6.45) is 3.57. The van der Waals surface area contributed by atoms with E-state index in [1.165, 1.54) is 18.9 Å². The number of hydrogen-bond acceptors (Lipinski definition) is 5. The Kier molecular flexibility index (Phi) is 7.57. The molecule has 2 aromatic rings. The molecule has 32 heavy (non-hydrogen) atoms. The molecule has 1 N–H and O–H groups in total. The predicted molar refractivity (Wildman–Crippen MR) is 119 cm³/mol. The van der Waals surface area contributed by atoms with Gasteiger partial charge in [0.25, 0.3) is 0 Å². The smallest absolute Gasteiger partial charge is 0.407 e. The van der Waals surface area contributed by atoms with E-state index in [0.717, 1.165) is 6.61 Å². The molecule has 0 radical (unpaired) electrons. The minimum absolute atomic E-state index is 0.169. The maximum absolute atomic E-state index is 14.4. The van der Waals surface area contributed by atoms with Crippen LogP contribution in [0.1, 0.15) is 51.8 Å². The first kappa shape index (κ1) is 23.4. The summed E-state index contributed by atoms with van der Waals surface area (Å²) in [5, 5.41) is 2.67. The zero-order valence-electron chi connectivity index (χ0n) is 18.9. The second-order valence-electron chi connectivity index (χ2n) is 8.88. The first-order valence-electron chi connectivity index (χ1n) is 10.7. The van der Waals surface area contributed by atoms with Crippen molar-refractivity contribution in [2.45, 2.75) is 52.2 Å². The van der Waals surface area contributed by atoms with Crippen molar-refractivity contribution in [1.82, 2.24) is 10.3 Å². The van der Waals surface area contributed by atoms with Gasteiger partial charge in [0.1, 0.15) is 35.2 Å². The molecular formula is C25H29FN2O4. The van der Waals surface area contributed by atoms with E-state index in [1.807, 2.05) is 6.07 Å². The molecule has 1 heterocycles. The lowest BCUT2D eigenvalue weighted by Gasteiger charge is -2.22. The fraction of sp³-hybridized carbons (Fsp3) is 0.440. The Labute approximate surface area is 188 Å². The molecule has 1 fully saturated rings. The van der Waals surface area contributed by atoms with Crippen LogP contribution in [-0.4, -0.2) is 35.9 Å². The number of halogens is 1. The average Bonchev–Trinajstić information content (AvgIpc) is 3.54. The van der Waals surface area contributed by atoms with Crippen LogP contribution in [0.25, 0.3) is 0 Å². The minimum atomic E-state index is -0.577. The number of carbonyl (C=O) groups excluding carboxylic acids is 1. The van der Waals surface area contributed by atoms with Gasteiger partial charge in [-0.05, 0) is 76.6 Å². The van der Waals surface area contributed by atoms with Crippen LogP contribution in [0.5, 0.6) is 11.5 Å². The van der Waals surface area contributed by atoms with E-state index in [0.29, 0.717) is 23.1 Å². The van der Waals surface area contributed by atoms with Gasteiger partial charge in [-0.1, -0.05) is 5.92 Å². The van der Waals surface area contributed by atoms with Crippen LogP contribution in [0.3, 0.4) is 0 Å². The molecule has 3 rings (SSSR count). The number of ether oxygens (including phenoxy) is 3. The molecule has 1 aliphatic rings. The van der Waals surface area contributed by atoms with Gasteiger partial charge in [-0.2, -0.15) is 0 Å². The van der Waals surface area contributed by atoms with Crippen LogP contribution in [-0.2, 0) is 4.74 Å². The molecule has 0 aliphatic heterocycles. The number of hydrogen-bond donors (Lipinski definition) is 1. The lowest BCUT2D eigenvalue weighted by molar-refractivity contribution is 0.0494. The van der Waals surface area contributed by atoms with E-state index in [4.69, 9.17) is 14.2 Å². The van der Waals surface area contributed by atoms with Gasteiger partial charge in [-0.25, -0.2) is 14.2 Å². The third-order valence-electron chi connectivity index (χ3n) is 4.45. The molecule has 0 unspecified atom stereocenters. The monoisotopic (exact) mass is 440 g/mol. The van der Waals surface area contributed by atoms with E-state index in [-0.39, 0.29) is 18.2 Å². The normalized spacial score (nSPS) is 14.0. The molecule has 1 aromatic carbocycles. The van der Waals surface area contributed by atoms with Gasteiger partial charge in [-0.15, -0.1) is 0 Å². The summed E-state index contributed by atoms with van der Waals surface area (Å²) >= 11 is 0. The average molecular weight is 441 g/mol. The predicted octanol–water partition coefficient (Wildman–Crippen LogP) is 4.70. The lowest BCUT2D eigenvalue weighted by atomic mass is 10.2. The first-order chi connectivity index (χ1) is 15.2. The van der Waals surface area contributed by atoms with Crippen molar-refractivity contribution in [1.29, 1.82) is 0 Å². The van der Waals surface area contributed by atoms with E-state index >= 15 is 0 Å². The highest BCUT2D eigenvalue weighted by Crippen LogP contribution is 2.29. The molecule has 1 aliphatic carbocycles. The van der Waals surface area contributed by atoms with Crippen LogP contribution < -0.4 is 14.8 Å². The Morgan fingerprint density at radius 1 is 1.19 bits per heavy atom.